The fraction of sp³-hybridized carbons (Fsp3) is 0.125. The number of benzene rings is 3. The molecule has 4 aromatic rings. The number of hydrogen-bond donors (Lipinski definition) is 0. The molecule has 0 saturated carbocycles. The molecule has 30 heavy (non-hydrogen) atoms. The molecule has 5 rings (SSSR count). The quantitative estimate of drug-likeness (QED) is 0.338. The maximum atomic E-state index is 12.3. The number of anilines is 1. The molecule has 1 aliphatic rings. The molecule has 0 fully saturated rings. The van der Waals surface area contributed by atoms with Gasteiger partial charge in [-0.1, -0.05) is 53.5 Å². The van der Waals surface area contributed by atoms with Gasteiger partial charge in [-0.05, 0) is 42.3 Å². The zero-order valence-corrected chi connectivity index (χ0v) is 17.6. The van der Waals surface area contributed by atoms with E-state index < -0.39 is 0 Å². The van der Waals surface area contributed by atoms with Gasteiger partial charge >= 0.3 is 5.63 Å². The Balaban J connectivity index is 1.67. The van der Waals surface area contributed by atoms with Gasteiger partial charge < -0.3 is 14.1 Å². The Morgan fingerprint density at radius 1 is 0.967 bits per heavy atom. The van der Waals surface area contributed by atoms with Gasteiger partial charge in [0.2, 0.25) is 0 Å². The van der Waals surface area contributed by atoms with Crippen LogP contribution in [-0.2, 0) is 6.54 Å². The van der Waals surface area contributed by atoms with E-state index in [1.807, 2.05) is 55.5 Å². The topological polar surface area (TPSA) is 42.7 Å². The molecule has 0 spiro atoms. The molecule has 2 heterocycles. The maximum Gasteiger partial charge on any atom is 0.336 e. The van der Waals surface area contributed by atoms with Crippen molar-refractivity contribution in [3.05, 3.63) is 92.3 Å². The van der Waals surface area contributed by atoms with E-state index in [2.05, 4.69) is 4.90 Å². The van der Waals surface area contributed by atoms with Gasteiger partial charge in [-0.2, -0.15) is 0 Å². The Morgan fingerprint density at radius 3 is 2.43 bits per heavy atom. The van der Waals surface area contributed by atoms with Gasteiger partial charge in [0.1, 0.15) is 11.3 Å². The predicted octanol–water partition coefficient (Wildman–Crippen LogP) is 6.43. The van der Waals surface area contributed by atoms with E-state index in [0.717, 1.165) is 39.1 Å². The Labute approximate surface area is 183 Å². The van der Waals surface area contributed by atoms with Crippen LogP contribution in [0.5, 0.6) is 5.75 Å². The average Bonchev–Trinajstić information content (AvgIpc) is 2.73. The molecule has 1 aromatic heterocycles. The molecule has 3 aromatic carbocycles. The standard InChI is InChI=1S/C24H17Cl2NO3/c1-14-23-16(12-27(13-29-23)19-9-17(25)8-18(26)10-19)7-21-20(11-22(28)30-24(14)21)15-5-3-2-4-6-15/h2-11H,12-13H2,1H3. The van der Waals surface area contributed by atoms with Crippen LogP contribution in [0.4, 0.5) is 5.69 Å². The highest BCUT2D eigenvalue weighted by molar-refractivity contribution is 6.35. The average molecular weight is 438 g/mol. The third-order valence-corrected chi connectivity index (χ3v) is 5.75. The van der Waals surface area contributed by atoms with Gasteiger partial charge in [-0.25, -0.2) is 4.79 Å². The van der Waals surface area contributed by atoms with Crippen molar-refractivity contribution in [2.24, 2.45) is 0 Å². The molecule has 0 aliphatic carbocycles. The molecule has 6 heteroatoms. The van der Waals surface area contributed by atoms with Crippen LogP contribution in [0.3, 0.4) is 0 Å². The van der Waals surface area contributed by atoms with Crippen LogP contribution in [0, 0.1) is 6.92 Å². The zero-order valence-electron chi connectivity index (χ0n) is 16.1. The molecule has 0 unspecified atom stereocenters. The minimum absolute atomic E-state index is 0.346. The van der Waals surface area contributed by atoms with Gasteiger partial charge in [0.15, 0.2) is 6.73 Å². The summed E-state index contributed by atoms with van der Waals surface area (Å²) in [5.41, 5.74) is 4.70. The number of nitrogens with zero attached hydrogens (tertiary/aromatic N) is 1. The lowest BCUT2D eigenvalue weighted by atomic mass is 9.97. The van der Waals surface area contributed by atoms with E-state index >= 15 is 0 Å². The van der Waals surface area contributed by atoms with Crippen LogP contribution < -0.4 is 15.3 Å². The van der Waals surface area contributed by atoms with Gasteiger partial charge in [0.25, 0.3) is 0 Å². The molecule has 0 amide bonds. The van der Waals surface area contributed by atoms with Crippen molar-refractivity contribution in [1.82, 2.24) is 0 Å². The molecule has 0 radical (unpaired) electrons. The molecule has 0 atom stereocenters. The summed E-state index contributed by atoms with van der Waals surface area (Å²) in [5, 5.41) is 2.03. The number of aryl methyl sites for hydroxylation is 1. The second-order valence-corrected chi connectivity index (χ2v) is 8.18. The van der Waals surface area contributed by atoms with Crippen molar-refractivity contribution in [2.75, 3.05) is 11.6 Å². The van der Waals surface area contributed by atoms with Crippen molar-refractivity contribution in [3.8, 4) is 16.9 Å². The first-order chi connectivity index (χ1) is 14.5. The zero-order chi connectivity index (χ0) is 20.8. The van der Waals surface area contributed by atoms with Crippen LogP contribution >= 0.6 is 23.2 Å². The van der Waals surface area contributed by atoms with Crippen LogP contribution in [0.15, 0.2) is 69.9 Å². The highest BCUT2D eigenvalue weighted by Gasteiger charge is 2.24. The second-order valence-electron chi connectivity index (χ2n) is 7.31. The third kappa shape index (κ3) is 3.32. The van der Waals surface area contributed by atoms with Crippen molar-refractivity contribution in [2.45, 2.75) is 13.5 Å². The summed E-state index contributed by atoms with van der Waals surface area (Å²) in [5.74, 6) is 0.750. The number of ether oxygens (including phenoxy) is 1. The smallest absolute Gasteiger partial charge is 0.336 e. The first kappa shape index (κ1) is 19.0. The Kier molecular flexibility index (Phi) is 4.69. The molecular formula is C24H17Cl2NO3. The first-order valence-corrected chi connectivity index (χ1v) is 10.2. The molecule has 150 valence electrons. The van der Waals surface area contributed by atoms with Crippen LogP contribution in [0.2, 0.25) is 10.0 Å². The largest absolute Gasteiger partial charge is 0.472 e. The van der Waals surface area contributed by atoms with E-state index in [1.165, 1.54) is 0 Å². The maximum absolute atomic E-state index is 12.3. The van der Waals surface area contributed by atoms with E-state index in [4.69, 9.17) is 32.4 Å². The lowest BCUT2D eigenvalue weighted by Gasteiger charge is -2.32. The Morgan fingerprint density at radius 2 is 1.70 bits per heavy atom. The Bertz CT molecular complexity index is 1310. The summed E-state index contributed by atoms with van der Waals surface area (Å²) < 4.78 is 11.7. The van der Waals surface area contributed by atoms with Crippen LogP contribution in [0.25, 0.3) is 22.1 Å². The highest BCUT2D eigenvalue weighted by atomic mass is 35.5. The molecular weight excluding hydrogens is 421 g/mol. The lowest BCUT2D eigenvalue weighted by Crippen LogP contribution is -2.32. The molecule has 0 bridgehead atoms. The van der Waals surface area contributed by atoms with E-state index in [-0.39, 0.29) is 5.63 Å². The van der Waals surface area contributed by atoms with Crippen molar-refractivity contribution in [3.63, 3.8) is 0 Å². The van der Waals surface area contributed by atoms with E-state index in [1.54, 1.807) is 12.1 Å². The van der Waals surface area contributed by atoms with Crippen molar-refractivity contribution >= 4 is 39.9 Å². The predicted molar refractivity (Wildman–Crippen MR) is 121 cm³/mol. The minimum Gasteiger partial charge on any atom is -0.472 e. The van der Waals surface area contributed by atoms with Crippen molar-refractivity contribution < 1.29 is 9.15 Å². The SMILES string of the molecule is Cc1c2c(cc3c(-c4ccccc4)cc(=O)oc13)CN(c1cc(Cl)cc(Cl)c1)CO2. The highest BCUT2D eigenvalue weighted by Crippen LogP contribution is 2.39. The summed E-state index contributed by atoms with van der Waals surface area (Å²) in [6, 6.07) is 18.9. The minimum atomic E-state index is -0.379. The van der Waals surface area contributed by atoms with E-state index in [9.17, 15) is 4.79 Å². The molecule has 0 saturated heterocycles. The molecule has 0 N–H and O–H groups in total. The van der Waals surface area contributed by atoms with Crippen LogP contribution in [-0.4, -0.2) is 6.73 Å². The van der Waals surface area contributed by atoms with E-state index in [0.29, 0.717) is 28.9 Å². The summed E-state index contributed by atoms with van der Waals surface area (Å²) in [6.07, 6.45) is 0. The summed E-state index contributed by atoms with van der Waals surface area (Å²) >= 11 is 12.4. The summed E-state index contributed by atoms with van der Waals surface area (Å²) in [7, 11) is 0. The fourth-order valence-electron chi connectivity index (χ4n) is 3.96. The molecule has 1 aliphatic heterocycles. The van der Waals surface area contributed by atoms with Gasteiger partial charge in [0.05, 0.1) is 0 Å². The number of halogens is 2. The van der Waals surface area contributed by atoms with Crippen molar-refractivity contribution in [1.29, 1.82) is 0 Å². The number of rotatable bonds is 2. The summed E-state index contributed by atoms with van der Waals surface area (Å²) in [4.78, 5) is 14.3. The number of hydrogen-bond acceptors (Lipinski definition) is 4. The van der Waals surface area contributed by atoms with Crippen LogP contribution in [0.1, 0.15) is 11.1 Å². The monoisotopic (exact) mass is 437 g/mol. The normalized spacial score (nSPS) is 13.2. The lowest BCUT2D eigenvalue weighted by molar-refractivity contribution is 0.287. The third-order valence-electron chi connectivity index (χ3n) is 5.31. The fourth-order valence-corrected chi connectivity index (χ4v) is 4.48. The molecule has 4 nitrogen and oxygen atoms in total. The first-order valence-electron chi connectivity index (χ1n) is 9.49. The van der Waals surface area contributed by atoms with Gasteiger partial charge in [0, 0.05) is 44.9 Å². The number of fused-ring (bicyclic) bond motifs is 2. The second kappa shape index (κ2) is 7.38. The summed E-state index contributed by atoms with van der Waals surface area (Å²) in [6.45, 7) is 2.89. The van der Waals surface area contributed by atoms with Gasteiger partial charge in [-0.3, -0.25) is 0 Å². The Hall–Kier alpha value is -2.95. The van der Waals surface area contributed by atoms with Gasteiger partial charge in [-0.15, -0.1) is 0 Å².